The second-order valence-corrected chi connectivity index (χ2v) is 3.06. The molecule has 2 nitrogen and oxygen atoms in total. The van der Waals surface area contributed by atoms with E-state index in [0.29, 0.717) is 6.54 Å². The Hall–Kier alpha value is -1.35. The number of nitrogens with one attached hydrogen (secondary N) is 1. The van der Waals surface area contributed by atoms with Crippen LogP contribution in [0.25, 0.3) is 0 Å². The van der Waals surface area contributed by atoms with Crippen molar-refractivity contribution in [3.63, 3.8) is 0 Å². The minimum Gasteiger partial charge on any atom is -0.348 e. The smallest absolute Gasteiger partial charge is 0.254 e. The van der Waals surface area contributed by atoms with Gasteiger partial charge in [-0.3, -0.25) is 4.79 Å². The number of carbonyl (C=O) groups excluding carboxylic acids is 1. The molecule has 74 valence electrons. The molecule has 0 aliphatic heterocycles. The fourth-order valence-electron chi connectivity index (χ4n) is 0.934. The first-order valence-corrected chi connectivity index (χ1v) is 4.37. The first kappa shape index (κ1) is 10.7. The second kappa shape index (κ2) is 4.77. The summed E-state index contributed by atoms with van der Waals surface area (Å²) in [5.41, 5.74) is -0.0174. The maximum absolute atomic E-state index is 13.2. The summed E-state index contributed by atoms with van der Waals surface area (Å²) in [6.45, 7) is 3.74. The first-order valence-electron chi connectivity index (χ1n) is 3.99. The van der Waals surface area contributed by atoms with Gasteiger partial charge in [-0.2, -0.15) is 0 Å². The van der Waals surface area contributed by atoms with E-state index in [-0.39, 0.29) is 10.6 Å². The lowest BCUT2D eigenvalue weighted by Gasteiger charge is -2.03. The highest BCUT2D eigenvalue weighted by Gasteiger charge is 2.10. The highest BCUT2D eigenvalue weighted by Crippen LogP contribution is 2.14. The summed E-state index contributed by atoms with van der Waals surface area (Å²) in [5.74, 6) is -1.10. The van der Waals surface area contributed by atoms with Crippen LogP contribution < -0.4 is 5.32 Å². The van der Waals surface area contributed by atoms with Crippen LogP contribution in [0.5, 0.6) is 0 Å². The molecule has 14 heavy (non-hydrogen) atoms. The third kappa shape index (κ3) is 2.57. The van der Waals surface area contributed by atoms with Crippen LogP contribution in [-0.4, -0.2) is 12.5 Å². The summed E-state index contributed by atoms with van der Waals surface area (Å²) < 4.78 is 13.2. The van der Waals surface area contributed by atoms with E-state index in [1.54, 1.807) is 0 Å². The molecule has 0 aliphatic carbocycles. The first-order chi connectivity index (χ1) is 6.65. The molecule has 1 aromatic carbocycles. The quantitative estimate of drug-likeness (QED) is 0.768. The molecule has 0 saturated carbocycles. The van der Waals surface area contributed by atoms with Gasteiger partial charge in [-0.25, -0.2) is 4.39 Å². The van der Waals surface area contributed by atoms with E-state index in [9.17, 15) is 9.18 Å². The fourth-order valence-corrected chi connectivity index (χ4v) is 1.09. The standard InChI is InChI=1S/C10H9ClFNO/c1-2-5-13-10(14)8-4-3-7(11)6-9(8)12/h2-4,6H,1,5H2,(H,13,14). The van der Waals surface area contributed by atoms with Crippen LogP contribution in [0.3, 0.4) is 0 Å². The summed E-state index contributed by atoms with van der Waals surface area (Å²) in [6, 6.07) is 3.91. The van der Waals surface area contributed by atoms with E-state index in [4.69, 9.17) is 11.6 Å². The third-order valence-electron chi connectivity index (χ3n) is 1.58. The number of amides is 1. The zero-order valence-corrected chi connectivity index (χ0v) is 8.14. The lowest BCUT2D eigenvalue weighted by Crippen LogP contribution is -2.24. The number of halogens is 2. The molecule has 0 saturated heterocycles. The SMILES string of the molecule is C=CCNC(=O)c1ccc(Cl)cc1F. The number of rotatable bonds is 3. The van der Waals surface area contributed by atoms with Crippen LogP contribution >= 0.6 is 11.6 Å². The van der Waals surface area contributed by atoms with Crippen LogP contribution in [-0.2, 0) is 0 Å². The van der Waals surface area contributed by atoms with Crippen molar-refractivity contribution in [2.24, 2.45) is 0 Å². The summed E-state index contributed by atoms with van der Waals surface area (Å²) in [6.07, 6.45) is 1.52. The number of carbonyl (C=O) groups is 1. The summed E-state index contributed by atoms with van der Waals surface area (Å²) in [5, 5.41) is 2.74. The average molecular weight is 214 g/mol. The monoisotopic (exact) mass is 213 g/mol. The van der Waals surface area contributed by atoms with Crippen LogP contribution in [0.4, 0.5) is 4.39 Å². The lowest BCUT2D eigenvalue weighted by atomic mass is 10.2. The highest BCUT2D eigenvalue weighted by atomic mass is 35.5. The molecule has 1 N–H and O–H groups in total. The van der Waals surface area contributed by atoms with Crippen LogP contribution in [0.1, 0.15) is 10.4 Å². The van der Waals surface area contributed by atoms with Crippen molar-refractivity contribution in [2.45, 2.75) is 0 Å². The molecule has 1 aromatic rings. The topological polar surface area (TPSA) is 29.1 Å². The van der Waals surface area contributed by atoms with Gasteiger partial charge in [-0.15, -0.1) is 6.58 Å². The molecule has 0 radical (unpaired) electrons. The van der Waals surface area contributed by atoms with E-state index >= 15 is 0 Å². The van der Waals surface area contributed by atoms with E-state index in [2.05, 4.69) is 11.9 Å². The Morgan fingerprint density at radius 3 is 2.93 bits per heavy atom. The molecular weight excluding hydrogens is 205 g/mol. The molecular formula is C10H9ClFNO. The Kier molecular flexibility index (Phi) is 3.65. The van der Waals surface area contributed by atoms with Crippen LogP contribution in [0.15, 0.2) is 30.9 Å². The van der Waals surface area contributed by atoms with Gasteiger partial charge in [0, 0.05) is 11.6 Å². The Labute approximate surface area is 86.4 Å². The molecule has 0 aliphatic rings. The maximum atomic E-state index is 13.2. The van der Waals surface area contributed by atoms with Crippen molar-refractivity contribution in [3.8, 4) is 0 Å². The van der Waals surface area contributed by atoms with E-state index in [1.807, 2.05) is 0 Å². The molecule has 1 amide bonds. The lowest BCUT2D eigenvalue weighted by molar-refractivity contribution is 0.0954. The van der Waals surface area contributed by atoms with Crippen LogP contribution in [0.2, 0.25) is 5.02 Å². The van der Waals surface area contributed by atoms with Crippen molar-refractivity contribution in [2.75, 3.05) is 6.54 Å². The van der Waals surface area contributed by atoms with E-state index in [1.165, 1.54) is 18.2 Å². The van der Waals surface area contributed by atoms with Gasteiger partial charge >= 0.3 is 0 Å². The molecule has 0 atom stereocenters. The predicted octanol–water partition coefficient (Wildman–Crippen LogP) is 2.39. The molecule has 0 spiro atoms. The molecule has 1 rings (SSSR count). The minimum atomic E-state index is -0.626. The predicted molar refractivity (Wildman–Crippen MR) is 53.9 cm³/mol. The van der Waals surface area contributed by atoms with Gasteiger partial charge < -0.3 is 5.32 Å². The van der Waals surface area contributed by atoms with Gasteiger partial charge in [0.25, 0.3) is 5.91 Å². The van der Waals surface area contributed by atoms with Crippen molar-refractivity contribution in [1.82, 2.24) is 5.32 Å². The summed E-state index contributed by atoms with van der Waals surface area (Å²) in [7, 11) is 0. The van der Waals surface area contributed by atoms with E-state index < -0.39 is 11.7 Å². The average Bonchev–Trinajstić information content (AvgIpc) is 2.14. The molecule has 4 heteroatoms. The third-order valence-corrected chi connectivity index (χ3v) is 1.82. The number of hydrogen-bond donors (Lipinski definition) is 1. The highest BCUT2D eigenvalue weighted by molar-refractivity contribution is 6.30. The zero-order valence-electron chi connectivity index (χ0n) is 7.39. The van der Waals surface area contributed by atoms with Gasteiger partial charge in [0.2, 0.25) is 0 Å². The molecule has 0 bridgehead atoms. The van der Waals surface area contributed by atoms with Crippen molar-refractivity contribution in [1.29, 1.82) is 0 Å². The Bertz CT molecular complexity index is 365. The van der Waals surface area contributed by atoms with Gasteiger partial charge in [-0.1, -0.05) is 17.7 Å². The molecule has 0 aromatic heterocycles. The maximum Gasteiger partial charge on any atom is 0.254 e. The summed E-state index contributed by atoms with van der Waals surface area (Å²) >= 11 is 5.54. The fraction of sp³-hybridized carbons (Fsp3) is 0.100. The minimum absolute atomic E-state index is 0.0174. The van der Waals surface area contributed by atoms with Crippen LogP contribution in [0, 0.1) is 5.82 Å². The van der Waals surface area contributed by atoms with Crippen molar-refractivity contribution in [3.05, 3.63) is 47.3 Å². The Morgan fingerprint density at radius 2 is 2.36 bits per heavy atom. The van der Waals surface area contributed by atoms with Crippen molar-refractivity contribution >= 4 is 17.5 Å². The molecule has 0 fully saturated rings. The Morgan fingerprint density at radius 1 is 1.64 bits per heavy atom. The van der Waals surface area contributed by atoms with Gasteiger partial charge in [0.15, 0.2) is 0 Å². The normalized spacial score (nSPS) is 9.57. The van der Waals surface area contributed by atoms with Gasteiger partial charge in [0.05, 0.1) is 5.56 Å². The largest absolute Gasteiger partial charge is 0.348 e. The number of benzene rings is 1. The van der Waals surface area contributed by atoms with Crippen molar-refractivity contribution < 1.29 is 9.18 Å². The number of hydrogen-bond acceptors (Lipinski definition) is 1. The van der Waals surface area contributed by atoms with Gasteiger partial charge in [0.1, 0.15) is 5.82 Å². The molecule has 0 heterocycles. The molecule has 0 unspecified atom stereocenters. The van der Waals surface area contributed by atoms with Gasteiger partial charge in [-0.05, 0) is 18.2 Å². The summed E-state index contributed by atoms with van der Waals surface area (Å²) in [4.78, 5) is 11.3. The second-order valence-electron chi connectivity index (χ2n) is 2.62. The Balaban J connectivity index is 2.84. The zero-order chi connectivity index (χ0) is 10.6. The van der Waals surface area contributed by atoms with E-state index in [0.717, 1.165) is 6.07 Å².